The lowest BCUT2D eigenvalue weighted by Gasteiger charge is -2.25. The number of rotatable bonds is 6. The molecule has 0 bridgehead atoms. The first-order valence-corrected chi connectivity index (χ1v) is 9.57. The van der Waals surface area contributed by atoms with Gasteiger partial charge in [0.1, 0.15) is 5.82 Å². The van der Waals surface area contributed by atoms with Crippen molar-refractivity contribution in [2.45, 2.75) is 32.2 Å². The molecular weight excluding hydrogens is 334 g/mol. The minimum absolute atomic E-state index is 0.385. The summed E-state index contributed by atoms with van der Waals surface area (Å²) in [5.74, 6) is 0.751. The smallest absolute Gasteiger partial charge is 0.148 e. The van der Waals surface area contributed by atoms with Crippen molar-refractivity contribution >= 4 is 11.5 Å². The van der Waals surface area contributed by atoms with Gasteiger partial charge in [0.05, 0.1) is 17.9 Å². The predicted molar refractivity (Wildman–Crippen MR) is 108 cm³/mol. The number of aryl methyl sites for hydroxylation is 1. The molecule has 5 heteroatoms. The molecule has 1 aliphatic heterocycles. The van der Waals surface area contributed by atoms with E-state index < -0.39 is 0 Å². The van der Waals surface area contributed by atoms with Crippen LogP contribution in [0.4, 0.5) is 11.5 Å². The van der Waals surface area contributed by atoms with E-state index >= 15 is 0 Å². The molecule has 1 unspecified atom stereocenters. The van der Waals surface area contributed by atoms with Gasteiger partial charge in [-0.3, -0.25) is 14.9 Å². The van der Waals surface area contributed by atoms with E-state index in [1.807, 2.05) is 0 Å². The molecule has 5 nitrogen and oxygen atoms in total. The summed E-state index contributed by atoms with van der Waals surface area (Å²) in [6, 6.07) is 15.3. The number of benzene rings is 1. The first-order chi connectivity index (χ1) is 13.3. The normalized spacial score (nSPS) is 17.1. The van der Waals surface area contributed by atoms with E-state index in [0.29, 0.717) is 6.04 Å². The van der Waals surface area contributed by atoms with Crippen molar-refractivity contribution in [2.24, 2.45) is 0 Å². The molecule has 2 aromatic heterocycles. The first kappa shape index (κ1) is 17.6. The SMILES string of the molecule is Cc1cc(Nc2cnccn2)cc(C2CCCN2CCc2ccccc2)n1. The fourth-order valence-corrected chi connectivity index (χ4v) is 3.79. The Hall–Kier alpha value is -2.79. The maximum absolute atomic E-state index is 4.85. The van der Waals surface area contributed by atoms with Gasteiger partial charge >= 0.3 is 0 Å². The van der Waals surface area contributed by atoms with Crippen molar-refractivity contribution in [3.63, 3.8) is 0 Å². The monoisotopic (exact) mass is 359 g/mol. The molecule has 1 aliphatic rings. The molecule has 1 fully saturated rings. The molecule has 4 rings (SSSR count). The number of hydrogen-bond acceptors (Lipinski definition) is 5. The molecular formula is C22H25N5. The van der Waals surface area contributed by atoms with E-state index in [-0.39, 0.29) is 0 Å². The molecule has 1 saturated heterocycles. The molecule has 1 aromatic carbocycles. The number of hydrogen-bond donors (Lipinski definition) is 1. The molecule has 138 valence electrons. The summed E-state index contributed by atoms with van der Waals surface area (Å²) in [6.07, 6.45) is 8.57. The fraction of sp³-hybridized carbons (Fsp3) is 0.318. The van der Waals surface area contributed by atoms with Crippen molar-refractivity contribution in [3.8, 4) is 0 Å². The Morgan fingerprint density at radius 2 is 2.04 bits per heavy atom. The van der Waals surface area contributed by atoms with Gasteiger partial charge in [-0.15, -0.1) is 0 Å². The highest BCUT2D eigenvalue weighted by atomic mass is 15.2. The van der Waals surface area contributed by atoms with Gasteiger partial charge in [0.25, 0.3) is 0 Å². The van der Waals surface area contributed by atoms with Crippen molar-refractivity contribution in [1.29, 1.82) is 0 Å². The Balaban J connectivity index is 1.49. The molecule has 0 aliphatic carbocycles. The van der Waals surface area contributed by atoms with Crippen LogP contribution >= 0.6 is 0 Å². The quantitative estimate of drug-likeness (QED) is 0.711. The highest BCUT2D eigenvalue weighted by Crippen LogP contribution is 2.32. The number of nitrogens with one attached hydrogen (secondary N) is 1. The molecule has 3 aromatic rings. The molecule has 1 N–H and O–H groups in total. The molecule has 1 atom stereocenters. The number of aromatic nitrogens is 3. The van der Waals surface area contributed by atoms with Gasteiger partial charge in [-0.1, -0.05) is 30.3 Å². The van der Waals surface area contributed by atoms with E-state index in [1.165, 1.54) is 12.0 Å². The molecule has 3 heterocycles. The Morgan fingerprint density at radius 1 is 1.15 bits per heavy atom. The summed E-state index contributed by atoms with van der Waals surface area (Å²) in [5.41, 5.74) is 4.58. The van der Waals surface area contributed by atoms with Crippen LogP contribution in [0.5, 0.6) is 0 Å². The molecule has 27 heavy (non-hydrogen) atoms. The third-order valence-corrected chi connectivity index (χ3v) is 5.04. The molecule has 0 saturated carbocycles. The van der Waals surface area contributed by atoms with Crippen LogP contribution in [0.3, 0.4) is 0 Å². The molecule has 0 radical (unpaired) electrons. The van der Waals surface area contributed by atoms with Gasteiger partial charge in [-0.25, -0.2) is 4.98 Å². The zero-order valence-corrected chi connectivity index (χ0v) is 15.7. The van der Waals surface area contributed by atoms with E-state index in [0.717, 1.165) is 48.8 Å². The Morgan fingerprint density at radius 3 is 2.85 bits per heavy atom. The van der Waals surface area contributed by atoms with Gasteiger partial charge < -0.3 is 5.32 Å². The second kappa shape index (κ2) is 8.27. The summed E-state index contributed by atoms with van der Waals surface area (Å²) < 4.78 is 0. The number of nitrogens with zero attached hydrogens (tertiary/aromatic N) is 4. The van der Waals surface area contributed by atoms with Gasteiger partial charge in [0, 0.05) is 30.3 Å². The number of anilines is 2. The molecule has 0 amide bonds. The second-order valence-electron chi connectivity index (χ2n) is 7.07. The zero-order valence-electron chi connectivity index (χ0n) is 15.7. The summed E-state index contributed by atoms with van der Waals surface area (Å²) in [4.78, 5) is 15.8. The lowest BCUT2D eigenvalue weighted by Crippen LogP contribution is -2.26. The van der Waals surface area contributed by atoms with Gasteiger partial charge in [-0.2, -0.15) is 0 Å². The summed E-state index contributed by atoms with van der Waals surface area (Å²) in [6.45, 7) is 4.26. The average molecular weight is 359 g/mol. The van der Waals surface area contributed by atoms with Crippen molar-refractivity contribution < 1.29 is 0 Å². The van der Waals surface area contributed by atoms with E-state index in [9.17, 15) is 0 Å². The number of likely N-dealkylation sites (tertiary alicyclic amines) is 1. The first-order valence-electron chi connectivity index (χ1n) is 9.57. The summed E-state index contributed by atoms with van der Waals surface area (Å²) >= 11 is 0. The third kappa shape index (κ3) is 4.49. The predicted octanol–water partition coefficient (Wildman–Crippen LogP) is 4.30. The van der Waals surface area contributed by atoms with Crippen molar-refractivity contribution in [3.05, 3.63) is 78.0 Å². The summed E-state index contributed by atoms with van der Waals surface area (Å²) in [5, 5.41) is 3.35. The minimum atomic E-state index is 0.385. The Labute approximate surface area is 160 Å². The van der Waals surface area contributed by atoms with Crippen molar-refractivity contribution in [1.82, 2.24) is 19.9 Å². The molecule has 0 spiro atoms. The minimum Gasteiger partial charge on any atom is -0.339 e. The van der Waals surface area contributed by atoms with E-state index in [1.54, 1.807) is 18.6 Å². The maximum atomic E-state index is 4.85. The van der Waals surface area contributed by atoms with Crippen LogP contribution < -0.4 is 5.32 Å². The standard InChI is InChI=1S/C22H25N5/c1-17-14-19(26-22-16-23-10-11-24-22)15-20(25-17)21-8-5-12-27(21)13-9-18-6-3-2-4-7-18/h2-4,6-7,10-11,14-16,21H,5,8-9,12-13H2,1H3,(H,24,25,26). The summed E-state index contributed by atoms with van der Waals surface area (Å²) in [7, 11) is 0. The lowest BCUT2D eigenvalue weighted by molar-refractivity contribution is 0.256. The highest BCUT2D eigenvalue weighted by molar-refractivity contribution is 5.56. The van der Waals surface area contributed by atoms with Crippen molar-refractivity contribution in [2.75, 3.05) is 18.4 Å². The van der Waals surface area contributed by atoms with E-state index in [2.05, 4.69) is 69.6 Å². The van der Waals surface area contributed by atoms with Gasteiger partial charge in [0.15, 0.2) is 0 Å². The Kier molecular flexibility index (Phi) is 5.39. The van der Waals surface area contributed by atoms with Crippen LogP contribution in [0.15, 0.2) is 61.1 Å². The highest BCUT2D eigenvalue weighted by Gasteiger charge is 2.27. The van der Waals surface area contributed by atoms with Crippen LogP contribution in [0.25, 0.3) is 0 Å². The largest absolute Gasteiger partial charge is 0.339 e. The zero-order chi connectivity index (χ0) is 18.5. The van der Waals surface area contributed by atoms with Crippen LogP contribution in [-0.2, 0) is 6.42 Å². The second-order valence-corrected chi connectivity index (χ2v) is 7.07. The van der Waals surface area contributed by atoms with Crippen LogP contribution in [0.1, 0.15) is 35.8 Å². The topological polar surface area (TPSA) is 53.9 Å². The van der Waals surface area contributed by atoms with E-state index in [4.69, 9.17) is 4.98 Å². The third-order valence-electron chi connectivity index (χ3n) is 5.04. The lowest BCUT2D eigenvalue weighted by atomic mass is 10.1. The van der Waals surface area contributed by atoms with Crippen LogP contribution in [0.2, 0.25) is 0 Å². The van der Waals surface area contributed by atoms with Gasteiger partial charge in [0.2, 0.25) is 0 Å². The van der Waals surface area contributed by atoms with Crippen LogP contribution in [-0.4, -0.2) is 32.9 Å². The van der Waals surface area contributed by atoms with Gasteiger partial charge in [-0.05, 0) is 50.4 Å². The fourth-order valence-electron chi connectivity index (χ4n) is 3.79. The maximum Gasteiger partial charge on any atom is 0.148 e. The van der Waals surface area contributed by atoms with Crippen LogP contribution in [0, 0.1) is 6.92 Å². The Bertz CT molecular complexity index is 866. The number of pyridine rings is 1. The average Bonchev–Trinajstić information content (AvgIpc) is 3.16.